The number of hydrogen-bond donors (Lipinski definition) is 2. The van der Waals surface area contributed by atoms with E-state index in [9.17, 15) is 4.79 Å². The number of carbonyl (C=O) groups is 1. The Balaban J connectivity index is 3.06. The van der Waals surface area contributed by atoms with Crippen molar-refractivity contribution in [2.45, 2.75) is 129 Å². The van der Waals surface area contributed by atoms with Crippen molar-refractivity contribution in [1.29, 1.82) is 0 Å². The minimum Gasteiger partial charge on any atom is -0.338 e. The van der Waals surface area contributed by atoms with Crippen molar-refractivity contribution < 1.29 is 4.79 Å². The fourth-order valence-electron chi connectivity index (χ4n) is 3.32. The van der Waals surface area contributed by atoms with Crippen LogP contribution in [0.25, 0.3) is 0 Å². The Kier molecular flexibility index (Phi) is 21.7. The summed E-state index contributed by atoms with van der Waals surface area (Å²) < 4.78 is 0. The van der Waals surface area contributed by atoms with E-state index >= 15 is 0 Å². The highest BCUT2D eigenvalue weighted by Crippen LogP contribution is 2.13. The Labute approximate surface area is 164 Å². The molecule has 0 saturated carbocycles. The maximum atomic E-state index is 11.5. The summed E-state index contributed by atoms with van der Waals surface area (Å²) in [4.78, 5) is 11.5. The summed E-state index contributed by atoms with van der Waals surface area (Å²) in [6, 6.07) is -0.000547. The van der Waals surface area contributed by atoms with Crippen molar-refractivity contribution in [3.63, 3.8) is 0 Å². The van der Waals surface area contributed by atoms with Crippen LogP contribution in [-0.4, -0.2) is 19.1 Å². The van der Waals surface area contributed by atoms with Crippen LogP contribution in [0.15, 0.2) is 0 Å². The van der Waals surface area contributed by atoms with Gasteiger partial charge in [-0.25, -0.2) is 4.79 Å². The molecule has 0 aliphatic carbocycles. The highest BCUT2D eigenvalue weighted by molar-refractivity contribution is 5.73. The molecule has 0 radical (unpaired) electrons. The molecule has 26 heavy (non-hydrogen) atoms. The predicted molar refractivity (Wildman–Crippen MR) is 116 cm³/mol. The zero-order valence-electron chi connectivity index (χ0n) is 18.1. The number of nitrogens with one attached hydrogen (secondary N) is 2. The van der Waals surface area contributed by atoms with E-state index < -0.39 is 0 Å². The molecule has 0 rings (SSSR count). The van der Waals surface area contributed by atoms with Crippen LogP contribution in [0, 0.1) is 0 Å². The van der Waals surface area contributed by atoms with Gasteiger partial charge in [0.05, 0.1) is 0 Å². The molecule has 0 saturated heterocycles. The second-order valence-electron chi connectivity index (χ2n) is 7.84. The molecule has 0 fully saturated rings. The van der Waals surface area contributed by atoms with E-state index in [0.29, 0.717) is 0 Å². The third-order valence-electron chi connectivity index (χ3n) is 5.13. The van der Waals surface area contributed by atoms with Gasteiger partial charge in [-0.3, -0.25) is 0 Å². The van der Waals surface area contributed by atoms with Crippen LogP contribution in [0.5, 0.6) is 0 Å². The summed E-state index contributed by atoms with van der Waals surface area (Å²) in [7, 11) is 0. The van der Waals surface area contributed by atoms with E-state index in [1.807, 2.05) is 0 Å². The number of unbranched alkanes of at least 4 members (excludes halogenated alkanes) is 16. The van der Waals surface area contributed by atoms with Crippen LogP contribution in [0.3, 0.4) is 0 Å². The number of carbonyl (C=O) groups excluding carboxylic acids is 1. The highest BCUT2D eigenvalue weighted by atomic mass is 16.2. The van der Waals surface area contributed by atoms with Gasteiger partial charge in [0, 0.05) is 13.1 Å². The predicted octanol–water partition coefficient (Wildman–Crippen LogP) is 7.35. The Morgan fingerprint density at radius 3 is 1.15 bits per heavy atom. The topological polar surface area (TPSA) is 41.1 Å². The SMILES string of the molecule is CCCCCCCCCCCCCCCCCCNC(=O)NCCCC. The number of amides is 2. The molecule has 0 aromatic heterocycles. The minimum atomic E-state index is -0.000547. The van der Waals surface area contributed by atoms with E-state index in [0.717, 1.165) is 32.4 Å². The van der Waals surface area contributed by atoms with E-state index in [1.54, 1.807) is 0 Å². The molecule has 0 aliphatic heterocycles. The summed E-state index contributed by atoms with van der Waals surface area (Å²) in [6.45, 7) is 6.03. The Hall–Kier alpha value is -0.730. The van der Waals surface area contributed by atoms with Crippen LogP contribution < -0.4 is 10.6 Å². The second kappa shape index (κ2) is 22.3. The van der Waals surface area contributed by atoms with Crippen molar-refractivity contribution in [3.8, 4) is 0 Å². The molecule has 0 aliphatic rings. The molecule has 0 spiro atoms. The van der Waals surface area contributed by atoms with E-state index in [1.165, 1.54) is 96.3 Å². The molecule has 2 amide bonds. The molecule has 0 aromatic rings. The van der Waals surface area contributed by atoms with E-state index in [2.05, 4.69) is 24.5 Å². The molecule has 0 bridgehead atoms. The Morgan fingerprint density at radius 1 is 0.462 bits per heavy atom. The average Bonchev–Trinajstić information content (AvgIpc) is 2.64. The number of rotatable bonds is 20. The Morgan fingerprint density at radius 2 is 0.769 bits per heavy atom. The summed E-state index contributed by atoms with van der Waals surface area (Å²) in [5.41, 5.74) is 0. The molecule has 0 heterocycles. The smallest absolute Gasteiger partial charge is 0.314 e. The van der Waals surface area contributed by atoms with Gasteiger partial charge in [0.15, 0.2) is 0 Å². The van der Waals surface area contributed by atoms with Gasteiger partial charge in [0.1, 0.15) is 0 Å². The largest absolute Gasteiger partial charge is 0.338 e. The number of hydrogen-bond acceptors (Lipinski definition) is 1. The molecule has 2 N–H and O–H groups in total. The summed E-state index contributed by atoms with van der Waals surface area (Å²) in [6.07, 6.45) is 24.4. The highest BCUT2D eigenvalue weighted by Gasteiger charge is 1.98. The summed E-state index contributed by atoms with van der Waals surface area (Å²) in [5, 5.41) is 5.83. The van der Waals surface area contributed by atoms with Gasteiger partial charge in [-0.15, -0.1) is 0 Å². The lowest BCUT2D eigenvalue weighted by molar-refractivity contribution is 0.240. The molecular formula is C23H48N2O. The number of urea groups is 1. The molecule has 3 heteroatoms. The molecule has 156 valence electrons. The first-order chi connectivity index (χ1) is 12.8. The normalized spacial score (nSPS) is 10.8. The Bertz CT molecular complexity index is 281. The second-order valence-corrected chi connectivity index (χ2v) is 7.84. The maximum Gasteiger partial charge on any atom is 0.314 e. The third kappa shape index (κ3) is 21.3. The van der Waals surface area contributed by atoms with Crippen molar-refractivity contribution in [3.05, 3.63) is 0 Å². The van der Waals surface area contributed by atoms with Gasteiger partial charge in [0.25, 0.3) is 0 Å². The van der Waals surface area contributed by atoms with Crippen molar-refractivity contribution in [2.75, 3.05) is 13.1 Å². The van der Waals surface area contributed by atoms with Gasteiger partial charge in [0.2, 0.25) is 0 Å². The van der Waals surface area contributed by atoms with Gasteiger partial charge < -0.3 is 10.6 Å². The third-order valence-corrected chi connectivity index (χ3v) is 5.13. The fraction of sp³-hybridized carbons (Fsp3) is 0.957. The fourth-order valence-corrected chi connectivity index (χ4v) is 3.32. The lowest BCUT2D eigenvalue weighted by atomic mass is 10.0. The van der Waals surface area contributed by atoms with Crippen molar-refractivity contribution in [2.24, 2.45) is 0 Å². The van der Waals surface area contributed by atoms with Crippen molar-refractivity contribution in [1.82, 2.24) is 10.6 Å². The molecule has 3 nitrogen and oxygen atoms in total. The van der Waals surface area contributed by atoms with E-state index in [4.69, 9.17) is 0 Å². The zero-order valence-corrected chi connectivity index (χ0v) is 18.1. The van der Waals surface area contributed by atoms with Crippen LogP contribution in [-0.2, 0) is 0 Å². The van der Waals surface area contributed by atoms with Gasteiger partial charge in [-0.1, -0.05) is 117 Å². The molecular weight excluding hydrogens is 320 g/mol. The lowest BCUT2D eigenvalue weighted by Crippen LogP contribution is -2.36. The van der Waals surface area contributed by atoms with Crippen LogP contribution in [0.2, 0.25) is 0 Å². The lowest BCUT2D eigenvalue weighted by Gasteiger charge is -2.07. The van der Waals surface area contributed by atoms with Crippen LogP contribution in [0.4, 0.5) is 4.79 Å². The monoisotopic (exact) mass is 368 g/mol. The molecule has 0 unspecified atom stereocenters. The summed E-state index contributed by atoms with van der Waals surface area (Å²) >= 11 is 0. The molecule has 0 aromatic carbocycles. The zero-order chi connectivity index (χ0) is 19.1. The van der Waals surface area contributed by atoms with Crippen LogP contribution >= 0.6 is 0 Å². The average molecular weight is 369 g/mol. The van der Waals surface area contributed by atoms with Crippen LogP contribution in [0.1, 0.15) is 129 Å². The maximum absolute atomic E-state index is 11.5. The van der Waals surface area contributed by atoms with Gasteiger partial charge >= 0.3 is 6.03 Å². The quantitative estimate of drug-likeness (QED) is 0.217. The first-order valence-corrected chi connectivity index (χ1v) is 11.8. The standard InChI is InChI=1S/C23H48N2O/c1-3-5-7-8-9-10-11-12-13-14-15-16-17-18-19-20-22-25-23(26)24-21-6-4-2/h3-22H2,1-2H3,(H2,24,25,26). The van der Waals surface area contributed by atoms with Gasteiger partial charge in [-0.05, 0) is 12.8 Å². The molecule has 0 atom stereocenters. The summed E-state index contributed by atoms with van der Waals surface area (Å²) in [5.74, 6) is 0. The minimum absolute atomic E-state index is 0.000547. The van der Waals surface area contributed by atoms with Crippen molar-refractivity contribution >= 4 is 6.03 Å². The first kappa shape index (κ1) is 25.3. The van der Waals surface area contributed by atoms with E-state index in [-0.39, 0.29) is 6.03 Å². The first-order valence-electron chi connectivity index (χ1n) is 11.8. The van der Waals surface area contributed by atoms with Gasteiger partial charge in [-0.2, -0.15) is 0 Å².